The van der Waals surface area contributed by atoms with Crippen LogP contribution in [-0.2, 0) is 9.53 Å². The van der Waals surface area contributed by atoms with Crippen LogP contribution in [0.2, 0.25) is 0 Å². The van der Waals surface area contributed by atoms with Crippen molar-refractivity contribution in [1.29, 1.82) is 5.41 Å². The minimum Gasteiger partial charge on any atom is -0.464 e. The number of carbonyl (C=O) groups excluding carboxylic acids is 1. The van der Waals surface area contributed by atoms with Crippen LogP contribution in [-0.4, -0.2) is 36.9 Å². The van der Waals surface area contributed by atoms with Gasteiger partial charge in [-0.1, -0.05) is 6.92 Å². The van der Waals surface area contributed by atoms with Crippen LogP contribution in [0.1, 0.15) is 13.3 Å². The molecule has 74 valence electrons. The lowest BCUT2D eigenvalue weighted by atomic mass is 10.1. The van der Waals surface area contributed by atoms with Gasteiger partial charge in [-0.05, 0) is 6.42 Å². The first kappa shape index (κ1) is 12.1. The number of nitrogens with one attached hydrogen (secondary N) is 1. The Morgan fingerprint density at radius 2 is 2.23 bits per heavy atom. The highest BCUT2D eigenvalue weighted by Crippen LogP contribution is 2.05. The third-order valence-corrected chi connectivity index (χ3v) is 2.03. The maximum atomic E-state index is 11.1. The van der Waals surface area contributed by atoms with Gasteiger partial charge < -0.3 is 10.1 Å². The van der Waals surface area contributed by atoms with Gasteiger partial charge >= 0.3 is 5.97 Å². The van der Waals surface area contributed by atoms with Gasteiger partial charge in [-0.2, -0.15) is 0 Å². The summed E-state index contributed by atoms with van der Waals surface area (Å²) < 4.78 is 4.47. The molecular formula is C8H13ClN2O2. The first-order valence-corrected chi connectivity index (χ1v) is 4.28. The number of carbonyl (C=O) groups is 1. The molecule has 0 spiro atoms. The van der Waals surface area contributed by atoms with E-state index >= 15 is 0 Å². The second kappa shape index (κ2) is 5.70. The van der Waals surface area contributed by atoms with Crippen molar-refractivity contribution >= 4 is 29.0 Å². The summed E-state index contributed by atoms with van der Waals surface area (Å²) in [6.07, 6.45) is 0.490. The minimum atomic E-state index is -0.776. The van der Waals surface area contributed by atoms with E-state index in [0.717, 1.165) is 0 Å². The van der Waals surface area contributed by atoms with Crippen molar-refractivity contribution in [2.24, 2.45) is 4.99 Å². The Morgan fingerprint density at radius 1 is 1.69 bits per heavy atom. The molecule has 0 bridgehead atoms. The van der Waals surface area contributed by atoms with Gasteiger partial charge in [-0.25, -0.2) is 4.79 Å². The van der Waals surface area contributed by atoms with Gasteiger partial charge in [0.25, 0.3) is 0 Å². The van der Waals surface area contributed by atoms with Crippen LogP contribution in [0.25, 0.3) is 0 Å². The molecular weight excluding hydrogens is 192 g/mol. The second-order valence-corrected chi connectivity index (χ2v) is 2.78. The molecule has 0 aliphatic rings. The molecule has 0 fully saturated rings. The van der Waals surface area contributed by atoms with E-state index in [4.69, 9.17) is 17.0 Å². The molecule has 0 saturated carbocycles. The van der Waals surface area contributed by atoms with E-state index in [2.05, 4.69) is 9.73 Å². The molecule has 1 N–H and O–H groups in total. The van der Waals surface area contributed by atoms with Crippen molar-refractivity contribution in [3.63, 3.8) is 0 Å². The summed E-state index contributed by atoms with van der Waals surface area (Å²) in [6, 6.07) is 0. The highest BCUT2D eigenvalue weighted by Gasteiger charge is 2.23. The predicted octanol–water partition coefficient (Wildman–Crippen LogP) is 1.27. The molecule has 0 heterocycles. The maximum Gasteiger partial charge on any atom is 0.353 e. The van der Waals surface area contributed by atoms with E-state index in [9.17, 15) is 4.79 Å². The molecule has 0 aliphatic carbocycles. The number of ether oxygens (including phenoxy) is 1. The Bertz CT molecular complexity index is 238. The standard InChI is InChI=1S/C8H13ClN2O2/c1-4-5(10)6(9)7(11-2)8(12)13-3/h6,10H,4H2,1-3H3. The van der Waals surface area contributed by atoms with Crippen LogP contribution >= 0.6 is 11.6 Å². The van der Waals surface area contributed by atoms with Gasteiger partial charge in [-0.15, -0.1) is 11.6 Å². The largest absolute Gasteiger partial charge is 0.464 e. The molecule has 0 aromatic rings. The Kier molecular flexibility index (Phi) is 5.30. The number of halogens is 1. The number of esters is 1. The van der Waals surface area contributed by atoms with Crippen LogP contribution in [0.15, 0.2) is 4.99 Å². The van der Waals surface area contributed by atoms with E-state index in [1.165, 1.54) is 14.2 Å². The number of methoxy groups -OCH3 is 1. The highest BCUT2D eigenvalue weighted by molar-refractivity contribution is 6.56. The molecule has 5 heteroatoms. The van der Waals surface area contributed by atoms with E-state index < -0.39 is 11.3 Å². The normalized spacial score (nSPS) is 13.7. The van der Waals surface area contributed by atoms with E-state index in [1.807, 2.05) is 0 Å². The number of rotatable bonds is 4. The van der Waals surface area contributed by atoms with E-state index in [-0.39, 0.29) is 11.4 Å². The Hall–Kier alpha value is -0.900. The number of alkyl halides is 1. The topological polar surface area (TPSA) is 62.5 Å². The molecule has 1 atom stereocenters. The smallest absolute Gasteiger partial charge is 0.353 e. The van der Waals surface area contributed by atoms with Crippen LogP contribution < -0.4 is 0 Å². The fraction of sp³-hybridized carbons (Fsp3) is 0.625. The van der Waals surface area contributed by atoms with Crippen molar-refractivity contribution < 1.29 is 9.53 Å². The van der Waals surface area contributed by atoms with Gasteiger partial charge in [0.05, 0.1) is 7.11 Å². The molecule has 0 rings (SSSR count). The predicted molar refractivity (Wildman–Crippen MR) is 53.0 cm³/mol. The third-order valence-electron chi connectivity index (χ3n) is 1.56. The van der Waals surface area contributed by atoms with Crippen LogP contribution in [0, 0.1) is 5.41 Å². The summed E-state index contributed by atoms with van der Waals surface area (Å²) in [4.78, 5) is 14.8. The average Bonchev–Trinajstić information content (AvgIpc) is 2.17. The van der Waals surface area contributed by atoms with Crippen molar-refractivity contribution in [3.8, 4) is 0 Å². The number of hydrogen-bond donors (Lipinski definition) is 1. The van der Waals surface area contributed by atoms with Crippen molar-refractivity contribution in [2.45, 2.75) is 18.7 Å². The van der Waals surface area contributed by atoms with Gasteiger partial charge in [0.1, 0.15) is 11.1 Å². The Morgan fingerprint density at radius 3 is 2.54 bits per heavy atom. The summed E-state index contributed by atoms with van der Waals surface area (Å²) in [5, 5.41) is 6.65. The summed E-state index contributed by atoms with van der Waals surface area (Å²) in [5.74, 6) is -0.583. The second-order valence-electron chi connectivity index (χ2n) is 2.34. The zero-order chi connectivity index (χ0) is 10.4. The monoisotopic (exact) mass is 204 g/mol. The van der Waals surface area contributed by atoms with Crippen molar-refractivity contribution in [1.82, 2.24) is 0 Å². The van der Waals surface area contributed by atoms with E-state index in [0.29, 0.717) is 6.42 Å². The summed E-state index contributed by atoms with van der Waals surface area (Å²) in [5.41, 5.74) is 0.337. The first-order valence-electron chi connectivity index (χ1n) is 3.84. The van der Waals surface area contributed by atoms with Gasteiger partial charge in [0.15, 0.2) is 0 Å². The number of aliphatic imine (C=N–C) groups is 1. The average molecular weight is 205 g/mol. The highest BCUT2D eigenvalue weighted by atomic mass is 35.5. The fourth-order valence-electron chi connectivity index (χ4n) is 0.757. The number of nitrogens with zero attached hydrogens (tertiary/aromatic N) is 1. The zero-order valence-electron chi connectivity index (χ0n) is 7.93. The van der Waals surface area contributed by atoms with Crippen LogP contribution in [0.4, 0.5) is 0 Å². The Balaban J connectivity index is 4.61. The molecule has 13 heavy (non-hydrogen) atoms. The molecule has 0 aromatic heterocycles. The first-order chi connectivity index (χ1) is 6.08. The molecule has 0 aliphatic heterocycles. The molecule has 0 aromatic carbocycles. The van der Waals surface area contributed by atoms with Gasteiger partial charge in [0, 0.05) is 12.8 Å². The lowest BCUT2D eigenvalue weighted by Crippen LogP contribution is -2.31. The SMILES string of the molecule is CCC(=N)C(Cl)C(=NC)C(=O)OC. The van der Waals surface area contributed by atoms with E-state index in [1.54, 1.807) is 6.92 Å². The zero-order valence-corrected chi connectivity index (χ0v) is 8.68. The molecule has 0 amide bonds. The lowest BCUT2D eigenvalue weighted by Gasteiger charge is -2.10. The van der Waals surface area contributed by atoms with Crippen molar-refractivity contribution in [2.75, 3.05) is 14.2 Å². The molecule has 0 saturated heterocycles. The molecule has 4 nitrogen and oxygen atoms in total. The molecule has 0 radical (unpaired) electrons. The Labute approximate surface area is 82.5 Å². The summed E-state index contributed by atoms with van der Waals surface area (Å²) in [6.45, 7) is 1.79. The maximum absolute atomic E-state index is 11.1. The minimum absolute atomic E-state index is 0.0796. The summed E-state index contributed by atoms with van der Waals surface area (Å²) >= 11 is 5.82. The third kappa shape index (κ3) is 3.14. The van der Waals surface area contributed by atoms with Gasteiger partial charge in [0.2, 0.25) is 0 Å². The van der Waals surface area contributed by atoms with Crippen LogP contribution in [0.5, 0.6) is 0 Å². The fourth-order valence-corrected chi connectivity index (χ4v) is 1.10. The van der Waals surface area contributed by atoms with Crippen molar-refractivity contribution in [3.05, 3.63) is 0 Å². The van der Waals surface area contributed by atoms with Gasteiger partial charge in [-0.3, -0.25) is 4.99 Å². The quantitative estimate of drug-likeness (QED) is 0.426. The van der Waals surface area contributed by atoms with Crippen LogP contribution in [0.3, 0.4) is 0 Å². The number of hydrogen-bond acceptors (Lipinski definition) is 4. The summed E-state index contributed by atoms with van der Waals surface area (Å²) in [7, 11) is 2.71. The molecule has 1 unspecified atom stereocenters. The lowest BCUT2D eigenvalue weighted by molar-refractivity contribution is -0.132.